The van der Waals surface area contributed by atoms with Crippen molar-refractivity contribution in [2.24, 2.45) is 0 Å². The predicted octanol–water partition coefficient (Wildman–Crippen LogP) is 2.50. The minimum atomic E-state index is 0.657. The Kier molecular flexibility index (Phi) is 1.06. The van der Waals surface area contributed by atoms with E-state index in [2.05, 4.69) is 30.6 Å². The lowest BCUT2D eigenvalue weighted by Gasteiger charge is -1.96. The van der Waals surface area contributed by atoms with Crippen molar-refractivity contribution in [2.45, 2.75) is 12.2 Å². The summed E-state index contributed by atoms with van der Waals surface area (Å²) in [6.45, 7) is 2.15. The summed E-state index contributed by atoms with van der Waals surface area (Å²) in [7, 11) is 0. The zero-order chi connectivity index (χ0) is 6.27. The molecule has 0 aromatic heterocycles. The molecule has 1 heteroatoms. The predicted molar refractivity (Wildman–Crippen MR) is 42.4 cm³/mol. The van der Waals surface area contributed by atoms with Gasteiger partial charge in [-0.15, -0.1) is 11.8 Å². The lowest BCUT2D eigenvalue weighted by atomic mass is 10.2. The molecule has 1 aliphatic carbocycles. The van der Waals surface area contributed by atoms with Crippen molar-refractivity contribution in [3.63, 3.8) is 0 Å². The highest BCUT2D eigenvalue weighted by Gasteiger charge is 2.18. The van der Waals surface area contributed by atoms with Gasteiger partial charge in [-0.3, -0.25) is 0 Å². The summed E-state index contributed by atoms with van der Waals surface area (Å²) in [5, 5.41) is 2.82. The van der Waals surface area contributed by atoms with Crippen molar-refractivity contribution in [1.29, 1.82) is 0 Å². The fraction of sp³-hybridized carbons (Fsp3) is 0.250. The second-order valence-electron chi connectivity index (χ2n) is 2.41. The van der Waals surface area contributed by atoms with Crippen LogP contribution in [0, 0.1) is 0 Å². The molecule has 0 spiro atoms. The summed E-state index contributed by atoms with van der Waals surface area (Å²) in [5.41, 5.74) is 2.88. The molecule has 0 N–H and O–H groups in total. The summed E-state index contributed by atoms with van der Waals surface area (Å²) >= 11 is 1.89. The first-order valence-electron chi connectivity index (χ1n) is 3.08. The van der Waals surface area contributed by atoms with Crippen LogP contribution in [0.15, 0.2) is 34.8 Å². The van der Waals surface area contributed by atoms with E-state index in [-0.39, 0.29) is 0 Å². The SMILES string of the molecule is CC1=CC2SC=CC2=C1. The molecule has 0 aromatic carbocycles. The molecule has 2 rings (SSSR count). The van der Waals surface area contributed by atoms with E-state index in [4.69, 9.17) is 0 Å². The van der Waals surface area contributed by atoms with Crippen LogP contribution in [-0.4, -0.2) is 5.25 Å². The molecule has 0 fully saturated rings. The highest BCUT2D eigenvalue weighted by Crippen LogP contribution is 2.35. The fourth-order valence-corrected chi connectivity index (χ4v) is 2.19. The number of allylic oxidation sites excluding steroid dienone is 3. The Hall–Kier alpha value is -0.430. The van der Waals surface area contributed by atoms with E-state index in [0.717, 1.165) is 0 Å². The zero-order valence-electron chi connectivity index (χ0n) is 5.29. The Morgan fingerprint density at radius 2 is 2.44 bits per heavy atom. The molecule has 0 saturated carbocycles. The molecule has 9 heavy (non-hydrogen) atoms. The summed E-state index contributed by atoms with van der Waals surface area (Å²) in [4.78, 5) is 0. The van der Waals surface area contributed by atoms with Crippen LogP contribution in [0.2, 0.25) is 0 Å². The minimum Gasteiger partial charge on any atom is -0.122 e. The molecule has 1 aliphatic heterocycles. The Morgan fingerprint density at radius 1 is 1.56 bits per heavy atom. The lowest BCUT2D eigenvalue weighted by Crippen LogP contribution is -1.88. The molecule has 1 unspecified atom stereocenters. The monoisotopic (exact) mass is 136 g/mol. The van der Waals surface area contributed by atoms with Crippen molar-refractivity contribution in [3.8, 4) is 0 Å². The van der Waals surface area contributed by atoms with Crippen LogP contribution >= 0.6 is 11.8 Å². The number of rotatable bonds is 0. The molecule has 0 aromatic rings. The van der Waals surface area contributed by atoms with E-state index in [1.807, 2.05) is 11.8 Å². The van der Waals surface area contributed by atoms with Crippen LogP contribution in [0.25, 0.3) is 0 Å². The van der Waals surface area contributed by atoms with Crippen molar-refractivity contribution in [3.05, 3.63) is 34.8 Å². The van der Waals surface area contributed by atoms with Crippen molar-refractivity contribution >= 4 is 11.8 Å². The Labute approximate surface area is 59.3 Å². The third kappa shape index (κ3) is 0.761. The van der Waals surface area contributed by atoms with Gasteiger partial charge in [0.05, 0.1) is 5.25 Å². The van der Waals surface area contributed by atoms with Gasteiger partial charge in [0.1, 0.15) is 0 Å². The van der Waals surface area contributed by atoms with Crippen LogP contribution in [0.5, 0.6) is 0 Å². The molecule has 46 valence electrons. The van der Waals surface area contributed by atoms with Crippen molar-refractivity contribution in [2.75, 3.05) is 0 Å². The summed E-state index contributed by atoms with van der Waals surface area (Å²) in [5.74, 6) is 0. The summed E-state index contributed by atoms with van der Waals surface area (Å²) in [6, 6.07) is 0. The molecule has 1 heterocycles. The van der Waals surface area contributed by atoms with E-state index in [1.165, 1.54) is 11.1 Å². The van der Waals surface area contributed by atoms with E-state index in [0.29, 0.717) is 5.25 Å². The van der Waals surface area contributed by atoms with Crippen LogP contribution in [0.4, 0.5) is 0 Å². The number of hydrogen-bond donors (Lipinski definition) is 0. The first-order chi connectivity index (χ1) is 4.36. The zero-order valence-corrected chi connectivity index (χ0v) is 6.11. The average Bonchev–Trinajstić information content (AvgIpc) is 2.22. The lowest BCUT2D eigenvalue weighted by molar-refractivity contribution is 1.38. The maximum Gasteiger partial charge on any atom is 0.0524 e. The quantitative estimate of drug-likeness (QED) is 0.493. The van der Waals surface area contributed by atoms with Gasteiger partial charge in [0, 0.05) is 0 Å². The van der Waals surface area contributed by atoms with Gasteiger partial charge in [-0.25, -0.2) is 0 Å². The second-order valence-corrected chi connectivity index (χ2v) is 3.47. The molecule has 0 saturated heterocycles. The van der Waals surface area contributed by atoms with Gasteiger partial charge in [0.25, 0.3) is 0 Å². The van der Waals surface area contributed by atoms with Crippen LogP contribution in [0.3, 0.4) is 0 Å². The van der Waals surface area contributed by atoms with Gasteiger partial charge in [-0.05, 0) is 17.9 Å². The van der Waals surface area contributed by atoms with E-state index < -0.39 is 0 Å². The van der Waals surface area contributed by atoms with Gasteiger partial charge in [-0.1, -0.05) is 23.8 Å². The topological polar surface area (TPSA) is 0 Å². The highest BCUT2D eigenvalue weighted by molar-refractivity contribution is 8.03. The summed E-state index contributed by atoms with van der Waals surface area (Å²) < 4.78 is 0. The highest BCUT2D eigenvalue weighted by atomic mass is 32.2. The van der Waals surface area contributed by atoms with Crippen molar-refractivity contribution < 1.29 is 0 Å². The third-order valence-electron chi connectivity index (χ3n) is 1.62. The maximum atomic E-state index is 2.31. The first-order valence-corrected chi connectivity index (χ1v) is 4.02. The normalized spacial score (nSPS) is 30.1. The fourth-order valence-electron chi connectivity index (χ4n) is 1.19. The Morgan fingerprint density at radius 3 is 3.22 bits per heavy atom. The second kappa shape index (κ2) is 1.77. The summed E-state index contributed by atoms with van der Waals surface area (Å²) in [6.07, 6.45) is 6.75. The average molecular weight is 136 g/mol. The van der Waals surface area contributed by atoms with Gasteiger partial charge in [0.2, 0.25) is 0 Å². The van der Waals surface area contributed by atoms with Gasteiger partial charge in [-0.2, -0.15) is 0 Å². The van der Waals surface area contributed by atoms with Crippen molar-refractivity contribution in [1.82, 2.24) is 0 Å². The van der Waals surface area contributed by atoms with Gasteiger partial charge >= 0.3 is 0 Å². The number of hydrogen-bond acceptors (Lipinski definition) is 1. The standard InChI is InChI=1S/C8H8S/c1-6-4-7-2-3-9-8(7)5-6/h2-5,8H,1H3. The molecular formula is C8H8S. The number of fused-ring (bicyclic) bond motifs is 1. The Bertz CT molecular complexity index is 221. The molecule has 2 aliphatic rings. The molecule has 0 nitrogen and oxygen atoms in total. The smallest absolute Gasteiger partial charge is 0.0524 e. The largest absolute Gasteiger partial charge is 0.122 e. The molecule has 0 amide bonds. The van der Waals surface area contributed by atoms with E-state index in [9.17, 15) is 0 Å². The van der Waals surface area contributed by atoms with Crippen LogP contribution in [0.1, 0.15) is 6.92 Å². The van der Waals surface area contributed by atoms with Gasteiger partial charge < -0.3 is 0 Å². The van der Waals surface area contributed by atoms with Crippen LogP contribution < -0.4 is 0 Å². The van der Waals surface area contributed by atoms with Crippen LogP contribution in [-0.2, 0) is 0 Å². The molecule has 1 atom stereocenters. The van der Waals surface area contributed by atoms with E-state index in [1.54, 1.807) is 0 Å². The molecule has 0 bridgehead atoms. The molecular weight excluding hydrogens is 128 g/mol. The third-order valence-corrected chi connectivity index (χ3v) is 2.62. The minimum absolute atomic E-state index is 0.657. The molecule has 0 radical (unpaired) electrons. The maximum absolute atomic E-state index is 2.31. The van der Waals surface area contributed by atoms with Gasteiger partial charge in [0.15, 0.2) is 0 Å². The van der Waals surface area contributed by atoms with E-state index >= 15 is 0 Å². The number of thioether (sulfide) groups is 1. The first kappa shape index (κ1) is 5.36. The Balaban J connectivity index is 2.37.